The molecule has 2 aromatic carbocycles. The average Bonchev–Trinajstić information content (AvgIpc) is 3.33. The Morgan fingerprint density at radius 2 is 1.78 bits per heavy atom. The van der Waals surface area contributed by atoms with E-state index < -0.39 is 17.9 Å². The van der Waals surface area contributed by atoms with Crippen LogP contribution in [0.3, 0.4) is 0 Å². The van der Waals surface area contributed by atoms with Gasteiger partial charge < -0.3 is 24.4 Å². The predicted octanol–water partition coefficient (Wildman–Crippen LogP) is 4.33. The van der Waals surface area contributed by atoms with Crippen molar-refractivity contribution in [3.63, 3.8) is 0 Å². The first kappa shape index (κ1) is 30.0. The molecule has 1 aliphatic heterocycles. The number of methoxy groups -OCH3 is 1. The lowest BCUT2D eigenvalue weighted by Crippen LogP contribution is -2.38. The smallest absolute Gasteiger partial charge is 0.383 e. The summed E-state index contributed by atoms with van der Waals surface area (Å²) in [4.78, 5) is 41.1. The lowest BCUT2D eigenvalue weighted by Gasteiger charge is -2.32. The van der Waals surface area contributed by atoms with Gasteiger partial charge in [0.25, 0.3) is 11.8 Å². The number of hydrogen-bond acceptors (Lipinski definition) is 4. The Morgan fingerprint density at radius 1 is 1.07 bits per heavy atom. The highest BCUT2D eigenvalue weighted by Crippen LogP contribution is 2.33. The number of carbonyl (C=O) groups excluding carboxylic acids is 3. The molecule has 1 aromatic heterocycles. The maximum Gasteiger partial charge on any atom is 0.471 e. The number of fused-ring (bicyclic) bond motifs is 1. The van der Waals surface area contributed by atoms with Gasteiger partial charge in [-0.25, -0.2) is 4.39 Å². The van der Waals surface area contributed by atoms with E-state index in [4.69, 9.17) is 4.74 Å². The number of benzene rings is 2. The second-order valence-corrected chi connectivity index (χ2v) is 10.2. The molecule has 1 aliphatic rings. The van der Waals surface area contributed by atoms with E-state index in [1.807, 2.05) is 10.6 Å². The highest BCUT2D eigenvalue weighted by Gasteiger charge is 2.38. The van der Waals surface area contributed by atoms with E-state index in [2.05, 4.69) is 0 Å². The molecule has 0 bridgehead atoms. The lowest BCUT2D eigenvalue weighted by atomic mass is 9.88. The largest absolute Gasteiger partial charge is 0.471 e. The number of piperidine rings is 1. The fourth-order valence-corrected chi connectivity index (χ4v) is 5.17. The zero-order chi connectivity index (χ0) is 29.9. The molecule has 8 nitrogen and oxygen atoms in total. The van der Waals surface area contributed by atoms with Crippen LogP contribution in [0, 0.1) is 5.82 Å². The normalized spacial score (nSPS) is 14.4. The molecule has 0 spiro atoms. The zero-order valence-corrected chi connectivity index (χ0v) is 23.1. The molecular weight excluding hydrogens is 544 g/mol. The van der Waals surface area contributed by atoms with Gasteiger partial charge in [0, 0.05) is 70.0 Å². The minimum atomic E-state index is -5.00. The van der Waals surface area contributed by atoms with E-state index in [1.54, 1.807) is 49.8 Å². The van der Waals surface area contributed by atoms with Gasteiger partial charge in [-0.1, -0.05) is 18.2 Å². The molecular formula is C29H32F4N4O4. The first-order valence-corrected chi connectivity index (χ1v) is 13.2. The number of nitrogens with one attached hydrogen (secondary N) is 1. The van der Waals surface area contributed by atoms with E-state index >= 15 is 0 Å². The monoisotopic (exact) mass is 576 g/mol. The number of likely N-dealkylation sites (tertiary alicyclic amines) is 1. The Kier molecular flexibility index (Phi) is 9.01. The van der Waals surface area contributed by atoms with Crippen LogP contribution in [0.5, 0.6) is 0 Å². The van der Waals surface area contributed by atoms with Crippen LogP contribution in [0.25, 0.3) is 10.9 Å². The molecule has 0 atom stereocenters. The van der Waals surface area contributed by atoms with Gasteiger partial charge in [0.15, 0.2) is 0 Å². The molecule has 1 fully saturated rings. The molecule has 1 N–H and O–H groups in total. The van der Waals surface area contributed by atoms with Gasteiger partial charge in [-0.15, -0.1) is 0 Å². The predicted molar refractivity (Wildman–Crippen MR) is 144 cm³/mol. The molecule has 220 valence electrons. The van der Waals surface area contributed by atoms with E-state index in [0.717, 1.165) is 5.52 Å². The third kappa shape index (κ3) is 6.53. The SMILES string of the molecule is COCCn1cc(C(=O)N2CCC(c3cc(CNC(=O)C(F)(F)F)ccc3F)CC2)c2c(C(=O)N(C)C)cccc21. The van der Waals surface area contributed by atoms with Crippen LogP contribution in [0.4, 0.5) is 17.6 Å². The first-order chi connectivity index (χ1) is 19.4. The van der Waals surface area contributed by atoms with Gasteiger partial charge >= 0.3 is 12.1 Å². The second kappa shape index (κ2) is 12.3. The van der Waals surface area contributed by atoms with Crippen molar-refractivity contribution < 1.29 is 36.7 Å². The molecule has 3 aromatic rings. The van der Waals surface area contributed by atoms with Crippen LogP contribution >= 0.6 is 0 Å². The van der Waals surface area contributed by atoms with Crippen LogP contribution < -0.4 is 5.32 Å². The maximum atomic E-state index is 14.7. The quantitative estimate of drug-likeness (QED) is 0.405. The fraction of sp³-hybridized carbons (Fsp3) is 0.414. The van der Waals surface area contributed by atoms with Gasteiger partial charge in [-0.05, 0) is 48.1 Å². The summed E-state index contributed by atoms with van der Waals surface area (Å²) in [6, 6.07) is 9.31. The number of ether oxygens (including phenoxy) is 1. The summed E-state index contributed by atoms with van der Waals surface area (Å²) in [5, 5.41) is 2.37. The van der Waals surface area contributed by atoms with Crippen LogP contribution in [-0.4, -0.2) is 79.2 Å². The molecule has 2 heterocycles. The average molecular weight is 577 g/mol. The standard InChI is InChI=1S/C29H32F4N4O4/c1-35(2)26(38)20-5-4-6-24-25(20)22(17-37(24)13-14-41-3)27(39)36-11-9-19(10-12-36)21-15-18(7-8-23(21)30)16-34-28(40)29(31,32)33/h4-8,15,17,19H,9-14,16H2,1-3H3,(H,34,40). The van der Waals surface area contributed by atoms with Crippen molar-refractivity contribution in [2.24, 2.45) is 0 Å². The summed E-state index contributed by atoms with van der Waals surface area (Å²) in [5.74, 6) is -3.28. The molecule has 0 unspecified atom stereocenters. The van der Waals surface area contributed by atoms with Crippen molar-refractivity contribution in [2.75, 3.05) is 40.9 Å². The number of hydrogen-bond donors (Lipinski definition) is 1. The van der Waals surface area contributed by atoms with Crippen molar-refractivity contribution in [3.8, 4) is 0 Å². The van der Waals surface area contributed by atoms with E-state index in [-0.39, 0.29) is 24.3 Å². The minimum Gasteiger partial charge on any atom is -0.383 e. The van der Waals surface area contributed by atoms with Gasteiger partial charge in [0.1, 0.15) is 5.82 Å². The summed E-state index contributed by atoms with van der Waals surface area (Å²) < 4.78 is 59.4. The Bertz CT molecular complexity index is 1440. The summed E-state index contributed by atoms with van der Waals surface area (Å²) in [6.45, 7) is 1.17. The van der Waals surface area contributed by atoms with Crippen LogP contribution in [0.1, 0.15) is 50.6 Å². The van der Waals surface area contributed by atoms with E-state index in [1.165, 1.54) is 23.1 Å². The number of carbonyl (C=O) groups is 3. The third-order valence-electron chi connectivity index (χ3n) is 7.30. The number of aromatic nitrogens is 1. The first-order valence-electron chi connectivity index (χ1n) is 13.2. The number of rotatable bonds is 8. The molecule has 1 saturated heterocycles. The van der Waals surface area contributed by atoms with Crippen molar-refractivity contribution in [1.29, 1.82) is 0 Å². The molecule has 41 heavy (non-hydrogen) atoms. The molecule has 0 aliphatic carbocycles. The van der Waals surface area contributed by atoms with Crippen LogP contribution in [0.15, 0.2) is 42.6 Å². The molecule has 0 radical (unpaired) electrons. The van der Waals surface area contributed by atoms with Crippen molar-refractivity contribution in [1.82, 2.24) is 19.7 Å². The number of nitrogens with zero attached hydrogens (tertiary/aromatic N) is 3. The summed E-state index contributed by atoms with van der Waals surface area (Å²) in [6.07, 6.45) is -2.39. The van der Waals surface area contributed by atoms with Gasteiger partial charge in [-0.2, -0.15) is 13.2 Å². The molecule has 4 rings (SSSR count). The Balaban J connectivity index is 1.54. The van der Waals surface area contributed by atoms with Crippen LogP contribution in [0.2, 0.25) is 0 Å². The zero-order valence-electron chi connectivity index (χ0n) is 23.1. The third-order valence-corrected chi connectivity index (χ3v) is 7.30. The number of alkyl halides is 3. The number of amides is 3. The molecule has 3 amide bonds. The highest BCUT2D eigenvalue weighted by molar-refractivity contribution is 6.15. The summed E-state index contributed by atoms with van der Waals surface area (Å²) in [7, 11) is 4.88. The van der Waals surface area contributed by atoms with Crippen molar-refractivity contribution >= 4 is 28.6 Å². The van der Waals surface area contributed by atoms with Crippen molar-refractivity contribution in [2.45, 2.75) is 38.0 Å². The summed E-state index contributed by atoms with van der Waals surface area (Å²) in [5.41, 5.74) is 2.24. The minimum absolute atomic E-state index is 0.227. The fourth-order valence-electron chi connectivity index (χ4n) is 5.17. The lowest BCUT2D eigenvalue weighted by molar-refractivity contribution is -0.173. The van der Waals surface area contributed by atoms with Crippen molar-refractivity contribution in [3.05, 3.63) is 70.7 Å². The molecule has 0 saturated carbocycles. The second-order valence-electron chi connectivity index (χ2n) is 10.2. The Morgan fingerprint density at radius 3 is 2.41 bits per heavy atom. The van der Waals surface area contributed by atoms with E-state index in [9.17, 15) is 31.9 Å². The van der Waals surface area contributed by atoms with Crippen LogP contribution in [-0.2, 0) is 22.6 Å². The highest BCUT2D eigenvalue weighted by atomic mass is 19.4. The summed E-state index contributed by atoms with van der Waals surface area (Å²) >= 11 is 0. The topological polar surface area (TPSA) is 83.9 Å². The number of halogens is 4. The molecule has 12 heteroatoms. The van der Waals surface area contributed by atoms with Gasteiger partial charge in [0.2, 0.25) is 0 Å². The Hall–Kier alpha value is -3.93. The van der Waals surface area contributed by atoms with Gasteiger partial charge in [0.05, 0.1) is 12.2 Å². The Labute approximate surface area is 234 Å². The van der Waals surface area contributed by atoms with E-state index in [0.29, 0.717) is 66.7 Å². The maximum absolute atomic E-state index is 14.7. The van der Waals surface area contributed by atoms with Gasteiger partial charge in [-0.3, -0.25) is 14.4 Å².